The maximum atomic E-state index is 12.8. The topological polar surface area (TPSA) is 286 Å². The molecule has 1 saturated heterocycles. The number of anilines is 1. The Kier molecular flexibility index (Phi) is 29.1. The molecule has 1 aromatic rings. The lowest BCUT2D eigenvalue weighted by Crippen LogP contribution is -2.36. The van der Waals surface area contributed by atoms with Gasteiger partial charge in [0.05, 0.1) is 19.3 Å². The number of aliphatic hydroxyl groups is 3. The molecule has 7 N–H and O–H groups in total. The summed E-state index contributed by atoms with van der Waals surface area (Å²) in [6.45, 7) is 4.12. The average Bonchev–Trinajstić information content (AvgIpc) is 3.52. The molecule has 0 radical (unpaired) electrons. The van der Waals surface area contributed by atoms with Crippen molar-refractivity contribution in [3.63, 3.8) is 0 Å². The zero-order chi connectivity index (χ0) is 48.1. The van der Waals surface area contributed by atoms with Crippen LogP contribution in [0.2, 0.25) is 0 Å². The van der Waals surface area contributed by atoms with Crippen LogP contribution in [0.5, 0.6) is 0 Å². The first-order valence-electron chi connectivity index (χ1n) is 23.0. The lowest BCUT2D eigenvalue weighted by atomic mass is 10.0. The number of aliphatic hydroxyl groups excluding tert-OH is 3. The molecule has 1 aliphatic heterocycles. The molecule has 2 rings (SSSR count). The third kappa shape index (κ3) is 26.8. The summed E-state index contributed by atoms with van der Waals surface area (Å²) in [6, 6.07) is 1.24. The molecule has 0 spiro atoms. The fraction of sp³-hybridized carbons (Fsp3) is 0.727. The van der Waals surface area contributed by atoms with E-state index in [1.54, 1.807) is 6.08 Å². The number of hydrogen-bond donors (Lipinski definition) is 6. The molecular formula is C44H75N3O16P2. The Balaban J connectivity index is 1.84. The molecule has 1 fully saturated rings. The van der Waals surface area contributed by atoms with Crippen LogP contribution in [0.1, 0.15) is 149 Å². The van der Waals surface area contributed by atoms with Crippen LogP contribution in [-0.4, -0.2) is 96.9 Å². The van der Waals surface area contributed by atoms with E-state index in [1.165, 1.54) is 31.7 Å². The zero-order valence-electron chi connectivity index (χ0n) is 38.3. The normalized spacial score (nSPS) is 20.7. The number of phosphoric acid groups is 2. The Labute approximate surface area is 383 Å². The Morgan fingerprint density at radius 1 is 0.846 bits per heavy atom. The number of phosphoric ester groups is 2. The van der Waals surface area contributed by atoms with Crippen molar-refractivity contribution in [3.05, 3.63) is 59.2 Å². The van der Waals surface area contributed by atoms with Gasteiger partial charge in [0.1, 0.15) is 30.7 Å². The molecule has 1 aliphatic rings. The second kappa shape index (κ2) is 32.6. The summed E-state index contributed by atoms with van der Waals surface area (Å²) in [6.07, 6.45) is 20.3. The Bertz CT molecular complexity index is 1760. The largest absolute Gasteiger partial charge is 0.481 e. The first kappa shape index (κ1) is 58.1. The molecule has 65 heavy (non-hydrogen) atoms. The number of hydrogen-bond acceptors (Lipinski definition) is 16. The molecule has 0 amide bonds. The van der Waals surface area contributed by atoms with Crippen molar-refractivity contribution in [2.45, 2.75) is 180 Å². The van der Waals surface area contributed by atoms with Crippen molar-refractivity contribution in [1.82, 2.24) is 9.55 Å². The Morgan fingerprint density at radius 3 is 2.11 bits per heavy atom. The lowest BCUT2D eigenvalue weighted by molar-refractivity contribution is -0.161. The van der Waals surface area contributed by atoms with Gasteiger partial charge in [-0.1, -0.05) is 128 Å². The minimum atomic E-state index is -5.43. The highest BCUT2D eigenvalue weighted by molar-refractivity contribution is 7.61. The van der Waals surface area contributed by atoms with Crippen molar-refractivity contribution < 1.29 is 71.4 Å². The minimum Gasteiger partial charge on any atom is -0.462 e. The van der Waals surface area contributed by atoms with Crippen molar-refractivity contribution in [2.75, 3.05) is 25.6 Å². The van der Waals surface area contributed by atoms with Crippen LogP contribution < -0.4 is 11.4 Å². The highest BCUT2D eigenvalue weighted by Crippen LogP contribution is 2.60. The SMILES string of the molecule is CC/C=C/CC(O)/C=C/C=C/CCCCCCCC(=O)OC[C@H](COP(=O)(O)OP(=O)(O)OC[C@H]1O[C@@H](n2ccc(N)nc2=O)[C@H](O)[C@@H]1O)OC(=O)CCCCCCCCCCC(C)C. The number of rotatable bonds is 36. The van der Waals surface area contributed by atoms with Gasteiger partial charge >= 0.3 is 33.3 Å². The number of aromatic nitrogens is 2. The van der Waals surface area contributed by atoms with Crippen LogP contribution >= 0.6 is 15.6 Å². The maximum absolute atomic E-state index is 12.8. The number of esters is 2. The van der Waals surface area contributed by atoms with E-state index in [0.29, 0.717) is 25.2 Å². The molecule has 1 aromatic heterocycles. The third-order valence-electron chi connectivity index (χ3n) is 10.2. The summed E-state index contributed by atoms with van der Waals surface area (Å²) in [5, 5.41) is 30.7. The third-order valence-corrected chi connectivity index (χ3v) is 12.8. The van der Waals surface area contributed by atoms with Crippen LogP contribution in [-0.2, 0) is 46.3 Å². The second-order valence-electron chi connectivity index (χ2n) is 16.6. The van der Waals surface area contributed by atoms with E-state index in [9.17, 15) is 48.6 Å². The van der Waals surface area contributed by atoms with Crippen LogP contribution in [0.3, 0.4) is 0 Å². The van der Waals surface area contributed by atoms with Crippen LogP contribution in [0.25, 0.3) is 0 Å². The predicted octanol–water partition coefficient (Wildman–Crippen LogP) is 7.27. The van der Waals surface area contributed by atoms with Gasteiger partial charge in [-0.2, -0.15) is 9.29 Å². The summed E-state index contributed by atoms with van der Waals surface area (Å²) in [5.41, 5.74) is 4.57. The fourth-order valence-electron chi connectivity index (χ4n) is 6.65. The van der Waals surface area contributed by atoms with Crippen molar-refractivity contribution in [1.29, 1.82) is 0 Å². The first-order chi connectivity index (χ1) is 30.9. The van der Waals surface area contributed by atoms with E-state index >= 15 is 0 Å². The monoisotopic (exact) mass is 963 g/mol. The number of carbonyl (C=O) groups is 2. The van der Waals surface area contributed by atoms with Gasteiger partial charge in [0.2, 0.25) is 0 Å². The fourth-order valence-corrected chi connectivity index (χ4v) is 8.76. The first-order valence-corrected chi connectivity index (χ1v) is 26.0. The quantitative estimate of drug-likeness (QED) is 0.0127. The number of nitrogens with two attached hydrogens (primary N) is 1. The predicted molar refractivity (Wildman–Crippen MR) is 244 cm³/mol. The minimum absolute atomic E-state index is 0.0342. The molecule has 0 saturated carbocycles. The van der Waals surface area contributed by atoms with Crippen LogP contribution in [0.15, 0.2) is 53.5 Å². The number of nitrogen functional groups attached to an aromatic ring is 1. The molecule has 21 heteroatoms. The molecule has 19 nitrogen and oxygen atoms in total. The number of unbranched alkanes of at least 4 members (excludes halogenated alkanes) is 12. The second-order valence-corrected chi connectivity index (χ2v) is 19.6. The highest BCUT2D eigenvalue weighted by Gasteiger charge is 2.46. The zero-order valence-corrected chi connectivity index (χ0v) is 40.1. The van der Waals surface area contributed by atoms with Gasteiger partial charge in [-0.15, -0.1) is 0 Å². The number of ether oxygens (including phenoxy) is 3. The molecule has 2 heterocycles. The molecule has 8 atom stereocenters. The van der Waals surface area contributed by atoms with Crippen molar-refractivity contribution in [2.24, 2.45) is 5.92 Å². The van der Waals surface area contributed by atoms with Gasteiger partial charge in [0.15, 0.2) is 12.3 Å². The van der Waals surface area contributed by atoms with Gasteiger partial charge < -0.3 is 45.1 Å². The van der Waals surface area contributed by atoms with Gasteiger partial charge in [0.25, 0.3) is 0 Å². The number of allylic oxidation sites excluding steroid dienone is 4. The summed E-state index contributed by atoms with van der Waals surface area (Å²) < 4.78 is 56.5. The van der Waals surface area contributed by atoms with Crippen LogP contribution in [0, 0.1) is 5.92 Å². The molecular weight excluding hydrogens is 888 g/mol. The Hall–Kier alpha value is -3.06. The highest BCUT2D eigenvalue weighted by atomic mass is 31.3. The van der Waals surface area contributed by atoms with E-state index in [-0.39, 0.29) is 18.7 Å². The van der Waals surface area contributed by atoms with E-state index in [4.69, 9.17) is 29.0 Å². The van der Waals surface area contributed by atoms with Crippen molar-refractivity contribution >= 4 is 33.4 Å². The molecule has 372 valence electrons. The molecule has 0 bridgehead atoms. The Morgan fingerprint density at radius 2 is 1.46 bits per heavy atom. The summed E-state index contributed by atoms with van der Waals surface area (Å²) >= 11 is 0. The number of carbonyl (C=O) groups excluding carboxylic acids is 2. The van der Waals surface area contributed by atoms with Gasteiger partial charge in [-0.3, -0.25) is 23.2 Å². The molecule has 0 aliphatic carbocycles. The van der Waals surface area contributed by atoms with E-state index in [2.05, 4.69) is 23.1 Å². The van der Waals surface area contributed by atoms with Gasteiger partial charge in [-0.05, 0) is 50.5 Å². The smallest absolute Gasteiger partial charge is 0.462 e. The lowest BCUT2D eigenvalue weighted by Gasteiger charge is -2.21. The van der Waals surface area contributed by atoms with Gasteiger partial charge in [-0.25, -0.2) is 13.9 Å². The number of nitrogens with zero attached hydrogens (tertiary/aromatic N) is 2. The van der Waals surface area contributed by atoms with Crippen LogP contribution in [0.4, 0.5) is 5.82 Å². The van der Waals surface area contributed by atoms with Gasteiger partial charge in [0, 0.05) is 19.0 Å². The summed E-state index contributed by atoms with van der Waals surface area (Å²) in [4.78, 5) is 61.6. The average molecular weight is 964 g/mol. The maximum Gasteiger partial charge on any atom is 0.481 e. The molecule has 3 unspecified atom stereocenters. The van der Waals surface area contributed by atoms with Crippen molar-refractivity contribution in [3.8, 4) is 0 Å². The van der Waals surface area contributed by atoms with E-state index < -0.39 is 89.8 Å². The summed E-state index contributed by atoms with van der Waals surface area (Å²) in [7, 11) is -10.9. The van der Waals surface area contributed by atoms with E-state index in [0.717, 1.165) is 75.0 Å². The van der Waals surface area contributed by atoms with E-state index in [1.807, 2.05) is 37.3 Å². The molecule has 0 aromatic carbocycles. The standard InChI is InChI=1S/C44H75N3O16P2/c1-4-5-19-25-35(48)26-21-16-12-7-6-8-13-17-22-27-39(49)58-31-36(61-40(50)28-23-18-14-10-9-11-15-20-24-34(2)3)32-59-64(54,55)63-65(56,57)60-33-37-41(51)42(52)43(62-37)47-30-29-38(45)46-44(47)53/h5,12,16,19,21,26,29-30,34-37,41-43,48,51-52H,4,6-11,13-15,17-18,20,22-25,27-28,31-33H2,1-3H3,(H,54,55)(H,56,57)(H2,45,46,53)/b16-12+,19-5+,26-21+/t35?,36-,37-,41-,42-,43-/m1/s1. The summed E-state index contributed by atoms with van der Waals surface area (Å²) in [5.74, 6) is -0.654.